The molecule has 0 fully saturated rings. The van der Waals surface area contributed by atoms with E-state index in [1.807, 2.05) is 42.5 Å². The fourth-order valence-electron chi connectivity index (χ4n) is 3.10. The van der Waals surface area contributed by atoms with Crippen LogP contribution in [-0.4, -0.2) is 27.5 Å². The number of halogens is 1. The fraction of sp³-hybridized carbons (Fsp3) is 0.0800. The first-order chi connectivity index (χ1) is 16.1. The Labute approximate surface area is 194 Å². The lowest BCUT2D eigenvalue weighted by Crippen LogP contribution is -1.98. The van der Waals surface area contributed by atoms with Crippen LogP contribution >= 0.6 is 11.8 Å². The van der Waals surface area contributed by atoms with Gasteiger partial charge >= 0.3 is 5.97 Å². The average Bonchev–Trinajstić information content (AvgIpc) is 3.25. The van der Waals surface area contributed by atoms with Gasteiger partial charge < -0.3 is 15.0 Å². The number of esters is 1. The number of imidazole rings is 1. The van der Waals surface area contributed by atoms with Crippen molar-refractivity contribution in [1.82, 2.24) is 15.0 Å². The maximum absolute atomic E-state index is 13.5. The van der Waals surface area contributed by atoms with E-state index in [2.05, 4.69) is 15.3 Å². The minimum atomic E-state index is -0.415. The Morgan fingerprint density at radius 2 is 1.91 bits per heavy atom. The maximum atomic E-state index is 13.5. The van der Waals surface area contributed by atoms with Gasteiger partial charge in [-0.05, 0) is 60.9 Å². The molecule has 6 nitrogen and oxygen atoms in total. The van der Waals surface area contributed by atoms with Crippen molar-refractivity contribution in [2.75, 3.05) is 11.9 Å². The summed E-state index contributed by atoms with van der Waals surface area (Å²) in [6.45, 7) is 2.07. The number of hydrogen-bond acceptors (Lipinski definition) is 6. The zero-order chi connectivity index (χ0) is 23.0. The third kappa shape index (κ3) is 5.87. The molecule has 2 aromatic carbocycles. The zero-order valence-electron chi connectivity index (χ0n) is 17.8. The van der Waals surface area contributed by atoms with Gasteiger partial charge in [0.15, 0.2) is 5.16 Å². The van der Waals surface area contributed by atoms with E-state index in [1.165, 1.54) is 30.0 Å². The van der Waals surface area contributed by atoms with Crippen molar-refractivity contribution >= 4 is 29.2 Å². The van der Waals surface area contributed by atoms with Crippen molar-refractivity contribution in [1.29, 1.82) is 0 Å². The Morgan fingerprint density at radius 1 is 1.12 bits per heavy atom. The summed E-state index contributed by atoms with van der Waals surface area (Å²) >= 11 is 1.26. The molecule has 0 aliphatic rings. The van der Waals surface area contributed by atoms with Crippen LogP contribution in [0.25, 0.3) is 22.5 Å². The molecule has 166 valence electrons. The number of rotatable bonds is 8. The summed E-state index contributed by atoms with van der Waals surface area (Å²) < 4.78 is 18.4. The van der Waals surface area contributed by atoms with Crippen LogP contribution in [0.3, 0.4) is 0 Å². The van der Waals surface area contributed by atoms with Crippen LogP contribution in [0.4, 0.5) is 15.9 Å². The number of para-hydroxylation sites is 1. The van der Waals surface area contributed by atoms with Crippen molar-refractivity contribution in [2.45, 2.75) is 12.1 Å². The van der Waals surface area contributed by atoms with Crippen molar-refractivity contribution in [2.24, 2.45) is 0 Å². The van der Waals surface area contributed by atoms with E-state index in [-0.39, 0.29) is 5.82 Å². The second-order valence-corrected chi connectivity index (χ2v) is 7.76. The molecule has 33 heavy (non-hydrogen) atoms. The lowest BCUT2D eigenvalue weighted by Gasteiger charge is -2.08. The van der Waals surface area contributed by atoms with Crippen molar-refractivity contribution in [3.8, 4) is 22.5 Å². The van der Waals surface area contributed by atoms with Crippen molar-refractivity contribution in [3.63, 3.8) is 0 Å². The Bertz CT molecular complexity index is 1260. The number of nitrogens with one attached hydrogen (secondary N) is 2. The van der Waals surface area contributed by atoms with Gasteiger partial charge in [0.1, 0.15) is 11.6 Å². The summed E-state index contributed by atoms with van der Waals surface area (Å²) in [5.41, 5.74) is 3.96. The summed E-state index contributed by atoms with van der Waals surface area (Å²) in [5.74, 6) is -0.0606. The van der Waals surface area contributed by atoms with Crippen LogP contribution in [0.5, 0.6) is 0 Å². The van der Waals surface area contributed by atoms with Gasteiger partial charge in [-0.25, -0.2) is 19.2 Å². The summed E-state index contributed by atoms with van der Waals surface area (Å²) in [6.07, 6.45) is 3.06. The molecule has 0 aliphatic heterocycles. The highest BCUT2D eigenvalue weighted by Gasteiger charge is 2.15. The van der Waals surface area contributed by atoms with E-state index in [0.29, 0.717) is 23.3 Å². The van der Waals surface area contributed by atoms with E-state index in [4.69, 9.17) is 9.72 Å². The lowest BCUT2D eigenvalue weighted by molar-refractivity contribution is -0.137. The molecule has 2 heterocycles. The van der Waals surface area contributed by atoms with Gasteiger partial charge in [-0.3, -0.25) is 0 Å². The SMILES string of the molecule is CCOC(=O)/C=C\Sc1nc(-c2ccnc(Nc3ccccc3)c2)c(-c2ccc(F)cc2)[nH]1. The Balaban J connectivity index is 1.67. The van der Waals surface area contributed by atoms with Gasteiger partial charge in [-0.1, -0.05) is 30.0 Å². The maximum Gasteiger partial charge on any atom is 0.331 e. The molecule has 0 unspecified atom stereocenters. The molecule has 0 amide bonds. The van der Waals surface area contributed by atoms with Crippen molar-refractivity contribution in [3.05, 3.63) is 90.2 Å². The number of carbonyl (C=O) groups excluding carboxylic acids is 1. The first kappa shape index (κ1) is 22.3. The summed E-state index contributed by atoms with van der Waals surface area (Å²) in [4.78, 5) is 24.0. The highest BCUT2D eigenvalue weighted by atomic mass is 32.2. The van der Waals surface area contributed by atoms with Crippen LogP contribution in [0.15, 0.2) is 89.6 Å². The zero-order valence-corrected chi connectivity index (χ0v) is 18.6. The van der Waals surface area contributed by atoms with E-state index in [0.717, 1.165) is 22.5 Å². The number of thioether (sulfide) groups is 1. The first-order valence-corrected chi connectivity index (χ1v) is 11.1. The monoisotopic (exact) mass is 460 g/mol. The molecular weight excluding hydrogens is 439 g/mol. The summed E-state index contributed by atoms with van der Waals surface area (Å²) in [5, 5.41) is 5.48. The summed E-state index contributed by atoms with van der Waals surface area (Å²) in [6, 6.07) is 19.7. The average molecular weight is 461 g/mol. The smallest absolute Gasteiger partial charge is 0.331 e. The number of H-pyrrole nitrogens is 1. The molecular formula is C25H21FN4O2S. The van der Waals surface area contributed by atoms with Gasteiger partial charge in [-0.2, -0.15) is 0 Å². The fourth-order valence-corrected chi connectivity index (χ4v) is 3.71. The molecule has 4 aromatic rings. The second-order valence-electron chi connectivity index (χ2n) is 6.87. The highest BCUT2D eigenvalue weighted by molar-refractivity contribution is 8.02. The third-order valence-corrected chi connectivity index (χ3v) is 5.25. The van der Waals surface area contributed by atoms with Crippen LogP contribution in [0, 0.1) is 5.82 Å². The number of aromatic amines is 1. The molecule has 0 atom stereocenters. The van der Waals surface area contributed by atoms with E-state index in [9.17, 15) is 9.18 Å². The minimum Gasteiger partial charge on any atom is -0.463 e. The largest absolute Gasteiger partial charge is 0.463 e. The number of pyridine rings is 1. The number of nitrogens with zero attached hydrogens (tertiary/aromatic N) is 2. The molecule has 0 saturated heterocycles. The number of aromatic nitrogens is 3. The second kappa shape index (κ2) is 10.6. The van der Waals surface area contributed by atoms with E-state index < -0.39 is 5.97 Å². The van der Waals surface area contributed by atoms with E-state index >= 15 is 0 Å². The predicted octanol–water partition coefficient (Wildman–Crippen LogP) is 6.19. The Morgan fingerprint density at radius 3 is 2.67 bits per heavy atom. The molecule has 8 heteroatoms. The first-order valence-electron chi connectivity index (χ1n) is 10.3. The highest BCUT2D eigenvalue weighted by Crippen LogP contribution is 2.34. The number of ether oxygens (including phenoxy) is 1. The number of benzene rings is 2. The molecule has 4 rings (SSSR count). The predicted molar refractivity (Wildman–Crippen MR) is 129 cm³/mol. The molecule has 2 aromatic heterocycles. The molecule has 0 radical (unpaired) electrons. The van der Waals surface area contributed by atoms with Crippen molar-refractivity contribution < 1.29 is 13.9 Å². The van der Waals surface area contributed by atoms with Crippen LogP contribution in [-0.2, 0) is 9.53 Å². The van der Waals surface area contributed by atoms with Crippen LogP contribution < -0.4 is 5.32 Å². The minimum absolute atomic E-state index is 0.314. The molecule has 2 N–H and O–H groups in total. The summed E-state index contributed by atoms with van der Waals surface area (Å²) in [7, 11) is 0. The number of carbonyl (C=O) groups is 1. The lowest BCUT2D eigenvalue weighted by atomic mass is 10.1. The molecule has 0 spiro atoms. The molecule has 0 bridgehead atoms. The van der Waals surface area contributed by atoms with Gasteiger partial charge in [0, 0.05) is 29.1 Å². The standard InChI is InChI=1S/C25H21FN4O2S/c1-2-32-22(31)13-15-33-25-29-23(17-8-10-19(26)11-9-17)24(30-25)18-12-14-27-21(16-18)28-20-6-4-3-5-7-20/h3-16H,2H2,1H3,(H,27,28)(H,29,30)/b15-13-. The van der Waals surface area contributed by atoms with Crippen LogP contribution in [0.2, 0.25) is 0 Å². The molecule has 0 saturated carbocycles. The van der Waals surface area contributed by atoms with Gasteiger partial charge in [0.05, 0.1) is 18.0 Å². The van der Waals surface area contributed by atoms with Gasteiger partial charge in [0.25, 0.3) is 0 Å². The number of anilines is 2. The Hall–Kier alpha value is -3.91. The van der Waals surface area contributed by atoms with Gasteiger partial charge in [-0.15, -0.1) is 0 Å². The number of hydrogen-bond donors (Lipinski definition) is 2. The third-order valence-electron chi connectivity index (χ3n) is 4.56. The van der Waals surface area contributed by atoms with E-state index in [1.54, 1.807) is 30.7 Å². The topological polar surface area (TPSA) is 79.9 Å². The Kier molecular flexibility index (Phi) is 7.16. The quantitative estimate of drug-likeness (QED) is 0.185. The normalized spacial score (nSPS) is 11.0. The molecule has 0 aliphatic carbocycles. The van der Waals surface area contributed by atoms with Gasteiger partial charge in [0.2, 0.25) is 0 Å². The van der Waals surface area contributed by atoms with Crippen LogP contribution in [0.1, 0.15) is 6.92 Å².